The molecule has 2 aromatic rings. The molecule has 0 amide bonds. The number of carbonyl (C=O) groups is 1. The van der Waals surface area contributed by atoms with Crippen molar-refractivity contribution in [2.45, 2.75) is 0 Å². The maximum Gasteiger partial charge on any atom is 0.193 e. The van der Waals surface area contributed by atoms with E-state index < -0.39 is 0 Å². The number of hydrogen-bond acceptors (Lipinski definition) is 4. The van der Waals surface area contributed by atoms with Gasteiger partial charge in [0.05, 0.1) is 12.8 Å². The SMILES string of the molecule is COc1ccc(Br)cc1-c1ccnc(C=O)n1. The molecule has 86 valence electrons. The molecule has 4 nitrogen and oxygen atoms in total. The van der Waals surface area contributed by atoms with Gasteiger partial charge in [-0.1, -0.05) is 15.9 Å². The van der Waals surface area contributed by atoms with E-state index in [1.54, 1.807) is 19.4 Å². The Kier molecular flexibility index (Phi) is 3.49. The van der Waals surface area contributed by atoms with E-state index in [1.807, 2.05) is 18.2 Å². The van der Waals surface area contributed by atoms with Gasteiger partial charge in [0.1, 0.15) is 5.75 Å². The van der Waals surface area contributed by atoms with Gasteiger partial charge in [-0.2, -0.15) is 0 Å². The number of halogens is 1. The fraction of sp³-hybridized carbons (Fsp3) is 0.0833. The van der Waals surface area contributed by atoms with Gasteiger partial charge in [0.2, 0.25) is 0 Å². The summed E-state index contributed by atoms with van der Waals surface area (Å²) in [5, 5.41) is 0. The van der Waals surface area contributed by atoms with Crippen LogP contribution in [0.4, 0.5) is 0 Å². The van der Waals surface area contributed by atoms with Gasteiger partial charge >= 0.3 is 0 Å². The zero-order valence-corrected chi connectivity index (χ0v) is 10.6. The highest BCUT2D eigenvalue weighted by Crippen LogP contribution is 2.31. The van der Waals surface area contributed by atoms with Crippen LogP contribution in [0.25, 0.3) is 11.3 Å². The van der Waals surface area contributed by atoms with Crippen molar-refractivity contribution in [1.29, 1.82) is 0 Å². The molecular formula is C12H9BrN2O2. The fourth-order valence-electron chi connectivity index (χ4n) is 1.46. The molecule has 0 aliphatic carbocycles. The number of aldehydes is 1. The second-order valence-electron chi connectivity index (χ2n) is 3.26. The van der Waals surface area contributed by atoms with Gasteiger partial charge in [0.25, 0.3) is 0 Å². The summed E-state index contributed by atoms with van der Waals surface area (Å²) in [6, 6.07) is 7.33. The smallest absolute Gasteiger partial charge is 0.193 e. The average molecular weight is 293 g/mol. The number of aromatic nitrogens is 2. The molecule has 1 heterocycles. The van der Waals surface area contributed by atoms with Gasteiger partial charge in [-0.3, -0.25) is 4.79 Å². The van der Waals surface area contributed by atoms with Crippen LogP contribution in [0.15, 0.2) is 34.9 Å². The van der Waals surface area contributed by atoms with Gasteiger partial charge < -0.3 is 4.74 Å². The van der Waals surface area contributed by atoms with Crippen LogP contribution >= 0.6 is 15.9 Å². The molecule has 0 aliphatic heterocycles. The molecule has 0 bridgehead atoms. The van der Waals surface area contributed by atoms with Gasteiger partial charge in [0, 0.05) is 16.2 Å². The van der Waals surface area contributed by atoms with E-state index in [0.717, 1.165) is 10.0 Å². The third-order valence-electron chi connectivity index (χ3n) is 2.22. The molecule has 1 aromatic carbocycles. The number of benzene rings is 1. The predicted octanol–water partition coefficient (Wildman–Crippen LogP) is 2.73. The van der Waals surface area contributed by atoms with Crippen molar-refractivity contribution in [2.75, 3.05) is 7.11 Å². The van der Waals surface area contributed by atoms with E-state index in [4.69, 9.17) is 4.74 Å². The number of carbonyl (C=O) groups excluding carboxylic acids is 1. The summed E-state index contributed by atoms with van der Waals surface area (Å²) in [7, 11) is 1.59. The average Bonchev–Trinajstić information content (AvgIpc) is 2.39. The summed E-state index contributed by atoms with van der Waals surface area (Å²) < 4.78 is 6.17. The Morgan fingerprint density at radius 1 is 1.35 bits per heavy atom. The third kappa shape index (κ3) is 2.50. The second kappa shape index (κ2) is 5.05. The minimum atomic E-state index is 0.157. The van der Waals surface area contributed by atoms with Crippen molar-refractivity contribution in [2.24, 2.45) is 0 Å². The molecule has 0 saturated heterocycles. The summed E-state index contributed by atoms with van der Waals surface area (Å²) in [6.45, 7) is 0. The molecule has 2 rings (SSSR count). The number of ether oxygens (including phenoxy) is 1. The topological polar surface area (TPSA) is 52.1 Å². The van der Waals surface area contributed by atoms with Crippen LogP contribution in [0.2, 0.25) is 0 Å². The molecule has 0 saturated carbocycles. The van der Waals surface area contributed by atoms with Gasteiger partial charge in [-0.05, 0) is 24.3 Å². The number of rotatable bonds is 3. The number of nitrogens with zero attached hydrogens (tertiary/aromatic N) is 2. The summed E-state index contributed by atoms with van der Waals surface area (Å²) >= 11 is 3.39. The fourth-order valence-corrected chi connectivity index (χ4v) is 1.82. The summed E-state index contributed by atoms with van der Waals surface area (Å²) in [5.41, 5.74) is 1.47. The van der Waals surface area contributed by atoms with Crippen molar-refractivity contribution >= 4 is 22.2 Å². The lowest BCUT2D eigenvalue weighted by molar-refractivity contribution is 0.111. The maximum atomic E-state index is 10.6. The Hall–Kier alpha value is -1.75. The molecule has 0 fully saturated rings. The quantitative estimate of drug-likeness (QED) is 0.816. The van der Waals surface area contributed by atoms with Crippen molar-refractivity contribution in [3.8, 4) is 17.0 Å². The monoisotopic (exact) mass is 292 g/mol. The van der Waals surface area contributed by atoms with E-state index in [1.165, 1.54) is 0 Å². The minimum absolute atomic E-state index is 0.157. The van der Waals surface area contributed by atoms with E-state index in [-0.39, 0.29) is 5.82 Å². The molecule has 0 aliphatic rings. The molecule has 0 spiro atoms. The normalized spacial score (nSPS) is 10.0. The Balaban J connectivity index is 2.58. The Labute approximate surface area is 107 Å². The number of hydrogen-bond donors (Lipinski definition) is 0. The summed E-state index contributed by atoms with van der Waals surface area (Å²) in [4.78, 5) is 18.6. The second-order valence-corrected chi connectivity index (χ2v) is 4.18. The largest absolute Gasteiger partial charge is 0.496 e. The minimum Gasteiger partial charge on any atom is -0.496 e. The number of methoxy groups -OCH3 is 1. The first-order valence-corrected chi connectivity index (χ1v) is 5.66. The van der Waals surface area contributed by atoms with E-state index in [0.29, 0.717) is 17.7 Å². The van der Waals surface area contributed by atoms with Crippen molar-refractivity contribution in [3.63, 3.8) is 0 Å². The molecule has 17 heavy (non-hydrogen) atoms. The predicted molar refractivity (Wildman–Crippen MR) is 67.1 cm³/mol. The van der Waals surface area contributed by atoms with E-state index >= 15 is 0 Å². The standard InChI is InChI=1S/C12H9BrN2O2/c1-17-11-3-2-8(13)6-9(11)10-4-5-14-12(7-16)15-10/h2-7H,1H3. The third-order valence-corrected chi connectivity index (χ3v) is 2.71. The Morgan fingerprint density at radius 3 is 2.88 bits per heavy atom. The molecule has 0 unspecified atom stereocenters. The van der Waals surface area contributed by atoms with Crippen molar-refractivity contribution in [1.82, 2.24) is 9.97 Å². The van der Waals surface area contributed by atoms with E-state index in [2.05, 4.69) is 25.9 Å². The lowest BCUT2D eigenvalue weighted by atomic mass is 10.1. The molecule has 1 aromatic heterocycles. The zero-order chi connectivity index (χ0) is 12.3. The van der Waals surface area contributed by atoms with Crippen LogP contribution in [0.1, 0.15) is 10.6 Å². The van der Waals surface area contributed by atoms with Gasteiger partial charge in [0.15, 0.2) is 12.1 Å². The summed E-state index contributed by atoms with van der Waals surface area (Å²) in [6.07, 6.45) is 2.17. The molecule has 0 radical (unpaired) electrons. The van der Waals surface area contributed by atoms with Crippen molar-refractivity contribution < 1.29 is 9.53 Å². The van der Waals surface area contributed by atoms with Crippen LogP contribution in [0.3, 0.4) is 0 Å². The molecule has 0 N–H and O–H groups in total. The highest BCUT2D eigenvalue weighted by molar-refractivity contribution is 9.10. The lowest BCUT2D eigenvalue weighted by Crippen LogP contribution is -1.95. The van der Waals surface area contributed by atoms with Crippen LogP contribution in [0, 0.1) is 0 Å². The first-order valence-electron chi connectivity index (χ1n) is 4.86. The van der Waals surface area contributed by atoms with Crippen LogP contribution < -0.4 is 4.74 Å². The van der Waals surface area contributed by atoms with Crippen LogP contribution in [-0.4, -0.2) is 23.4 Å². The van der Waals surface area contributed by atoms with Gasteiger partial charge in [-0.15, -0.1) is 0 Å². The molecule has 0 atom stereocenters. The van der Waals surface area contributed by atoms with E-state index in [9.17, 15) is 4.79 Å². The Bertz CT molecular complexity index is 558. The first-order chi connectivity index (χ1) is 8.24. The first kappa shape index (κ1) is 11.7. The summed E-state index contributed by atoms with van der Waals surface area (Å²) in [5.74, 6) is 0.855. The Morgan fingerprint density at radius 2 is 2.18 bits per heavy atom. The van der Waals surface area contributed by atoms with Gasteiger partial charge in [-0.25, -0.2) is 9.97 Å². The van der Waals surface area contributed by atoms with Crippen LogP contribution in [-0.2, 0) is 0 Å². The molecular weight excluding hydrogens is 284 g/mol. The zero-order valence-electron chi connectivity index (χ0n) is 9.05. The lowest BCUT2D eigenvalue weighted by Gasteiger charge is -2.08. The maximum absolute atomic E-state index is 10.6. The highest BCUT2D eigenvalue weighted by Gasteiger charge is 2.08. The van der Waals surface area contributed by atoms with Crippen molar-refractivity contribution in [3.05, 3.63) is 40.8 Å². The molecule has 5 heteroatoms. The van der Waals surface area contributed by atoms with Crippen LogP contribution in [0.5, 0.6) is 5.75 Å². The highest BCUT2D eigenvalue weighted by atomic mass is 79.9.